The molecule has 0 bridgehead atoms. The number of fused-ring (bicyclic) bond motifs is 2. The fraction of sp³-hybridized carbons (Fsp3) is 0.474. The van der Waals surface area contributed by atoms with E-state index in [9.17, 15) is 14.7 Å². The average Bonchev–Trinajstić information content (AvgIpc) is 2.67. The minimum absolute atomic E-state index is 0.0632. The summed E-state index contributed by atoms with van der Waals surface area (Å²) >= 11 is 0. The second-order valence-electron chi connectivity index (χ2n) is 6.84. The number of aryl methyl sites for hydroxylation is 2. The van der Waals surface area contributed by atoms with E-state index in [0.717, 1.165) is 11.3 Å². The normalized spacial score (nSPS) is 12.6. The first-order valence-corrected chi connectivity index (χ1v) is 9.41. The Morgan fingerprint density at radius 3 is 2.79 bits per heavy atom. The summed E-state index contributed by atoms with van der Waals surface area (Å²) in [4.78, 5) is 34.6. The molecule has 0 aliphatic carbocycles. The van der Waals surface area contributed by atoms with E-state index in [0.29, 0.717) is 37.2 Å². The monoisotopic (exact) mass is 403 g/mol. The lowest BCUT2D eigenvalue weighted by molar-refractivity contribution is 0.121. The van der Waals surface area contributed by atoms with E-state index in [-0.39, 0.29) is 24.5 Å². The molecule has 0 spiro atoms. The maximum Gasteiger partial charge on any atom is 0.349 e. The number of hydrogen-bond acceptors (Lipinski definition) is 8. The largest absolute Gasteiger partial charge is 0.396 e. The number of rotatable bonds is 9. The SMILES string of the molecule is COCCNc1cc2c(cc1C)nc1c(=O)[nH]c(=O)nc-1n2CCC(O)CCO. The fourth-order valence-corrected chi connectivity index (χ4v) is 3.22. The van der Waals surface area contributed by atoms with E-state index in [2.05, 4.69) is 20.3 Å². The highest BCUT2D eigenvalue weighted by atomic mass is 16.5. The summed E-state index contributed by atoms with van der Waals surface area (Å²) in [7, 11) is 1.63. The van der Waals surface area contributed by atoms with Gasteiger partial charge in [0.25, 0.3) is 5.56 Å². The van der Waals surface area contributed by atoms with Gasteiger partial charge in [-0.05, 0) is 37.5 Å². The molecule has 0 saturated carbocycles. The lowest BCUT2D eigenvalue weighted by atomic mass is 10.1. The Hall–Kier alpha value is -2.82. The number of hydrogen-bond donors (Lipinski definition) is 4. The Morgan fingerprint density at radius 2 is 2.07 bits per heavy atom. The zero-order valence-electron chi connectivity index (χ0n) is 16.4. The van der Waals surface area contributed by atoms with Crippen LogP contribution in [0.25, 0.3) is 22.6 Å². The number of aromatic amines is 1. The summed E-state index contributed by atoms with van der Waals surface area (Å²) in [5.74, 6) is 0.161. The van der Waals surface area contributed by atoms with E-state index in [1.807, 2.05) is 19.1 Å². The van der Waals surface area contributed by atoms with Gasteiger partial charge in [-0.2, -0.15) is 4.98 Å². The van der Waals surface area contributed by atoms with E-state index in [4.69, 9.17) is 9.84 Å². The van der Waals surface area contributed by atoms with Crippen LogP contribution in [0.3, 0.4) is 0 Å². The van der Waals surface area contributed by atoms with E-state index < -0.39 is 17.4 Å². The van der Waals surface area contributed by atoms with Crippen molar-refractivity contribution in [3.8, 4) is 11.5 Å². The molecule has 2 aliphatic heterocycles. The molecule has 3 rings (SSSR count). The number of nitrogens with one attached hydrogen (secondary N) is 2. The van der Waals surface area contributed by atoms with Crippen molar-refractivity contribution in [1.82, 2.24) is 19.5 Å². The number of methoxy groups -OCH3 is 1. The van der Waals surface area contributed by atoms with Crippen LogP contribution in [-0.4, -0.2) is 62.7 Å². The summed E-state index contributed by atoms with van der Waals surface area (Å²) < 4.78 is 6.79. The van der Waals surface area contributed by atoms with Gasteiger partial charge in [-0.3, -0.25) is 9.78 Å². The van der Waals surface area contributed by atoms with Crippen molar-refractivity contribution in [2.24, 2.45) is 0 Å². The lowest BCUT2D eigenvalue weighted by Crippen LogP contribution is -2.29. The lowest BCUT2D eigenvalue weighted by Gasteiger charge is -2.20. The van der Waals surface area contributed by atoms with Crippen molar-refractivity contribution >= 4 is 16.7 Å². The Kier molecular flexibility index (Phi) is 6.57. The third kappa shape index (κ3) is 4.61. The zero-order valence-corrected chi connectivity index (χ0v) is 16.4. The van der Waals surface area contributed by atoms with Gasteiger partial charge in [0.1, 0.15) is 0 Å². The number of aliphatic hydroxyl groups is 2. The molecule has 1 aromatic rings. The standard InChI is InChI=1S/C19H25N5O5/c1-11-9-14-15(10-13(11)20-5-8-29-2)24(6-3-12(26)4-7-25)17-16(21-14)18(27)23-19(28)22-17/h9-10,12,20,25-26H,3-8H2,1-2H3,(H,23,27,28). The van der Waals surface area contributed by atoms with Crippen LogP contribution in [0.1, 0.15) is 18.4 Å². The van der Waals surface area contributed by atoms with Crippen LogP contribution in [0.15, 0.2) is 21.7 Å². The number of benzene rings is 1. The van der Waals surface area contributed by atoms with Crippen molar-refractivity contribution in [3.63, 3.8) is 0 Å². The molecule has 2 heterocycles. The van der Waals surface area contributed by atoms with Gasteiger partial charge in [-0.25, -0.2) is 9.78 Å². The van der Waals surface area contributed by atoms with Crippen molar-refractivity contribution in [2.45, 2.75) is 32.4 Å². The minimum Gasteiger partial charge on any atom is -0.396 e. The van der Waals surface area contributed by atoms with Gasteiger partial charge in [-0.15, -0.1) is 0 Å². The zero-order chi connectivity index (χ0) is 21.0. The Labute approximate surface area is 166 Å². The molecule has 0 aromatic heterocycles. The molecule has 0 radical (unpaired) electrons. The van der Waals surface area contributed by atoms with Crippen LogP contribution in [0.2, 0.25) is 0 Å². The van der Waals surface area contributed by atoms with Gasteiger partial charge >= 0.3 is 5.69 Å². The van der Waals surface area contributed by atoms with Gasteiger partial charge in [0.05, 0.1) is 23.7 Å². The van der Waals surface area contributed by atoms with E-state index >= 15 is 0 Å². The predicted octanol–water partition coefficient (Wildman–Crippen LogP) is 0.0847. The summed E-state index contributed by atoms with van der Waals surface area (Å²) in [6.07, 6.45) is -0.155. The van der Waals surface area contributed by atoms with Crippen LogP contribution in [-0.2, 0) is 11.3 Å². The van der Waals surface area contributed by atoms with Crippen LogP contribution in [0.4, 0.5) is 5.69 Å². The molecule has 1 unspecified atom stereocenters. The first kappa shape index (κ1) is 20.9. The molecule has 0 fully saturated rings. The van der Waals surface area contributed by atoms with Crippen LogP contribution in [0, 0.1) is 6.92 Å². The second kappa shape index (κ2) is 9.12. The molecule has 10 heteroatoms. The molecule has 10 nitrogen and oxygen atoms in total. The Balaban J connectivity index is 2.17. The Morgan fingerprint density at radius 1 is 1.28 bits per heavy atom. The first-order valence-electron chi connectivity index (χ1n) is 9.41. The minimum atomic E-state index is -0.751. The van der Waals surface area contributed by atoms with Gasteiger partial charge in [0.15, 0.2) is 11.5 Å². The molecular weight excluding hydrogens is 378 g/mol. The number of aromatic nitrogens is 4. The molecule has 0 amide bonds. The fourth-order valence-electron chi connectivity index (χ4n) is 3.22. The van der Waals surface area contributed by atoms with Crippen LogP contribution in [0.5, 0.6) is 0 Å². The highest BCUT2D eigenvalue weighted by Crippen LogP contribution is 2.27. The molecular formula is C19H25N5O5. The smallest absolute Gasteiger partial charge is 0.349 e. The topological polar surface area (TPSA) is 142 Å². The summed E-state index contributed by atoms with van der Waals surface area (Å²) in [5.41, 5.74) is 1.77. The van der Waals surface area contributed by atoms with Crippen molar-refractivity contribution in [3.05, 3.63) is 38.5 Å². The van der Waals surface area contributed by atoms with Crippen LogP contribution >= 0.6 is 0 Å². The quantitative estimate of drug-likeness (QED) is 0.291. The molecule has 29 heavy (non-hydrogen) atoms. The Bertz CT molecular complexity index is 1080. The summed E-state index contributed by atoms with van der Waals surface area (Å²) in [5, 5.41) is 22.4. The molecule has 1 atom stereocenters. The van der Waals surface area contributed by atoms with Gasteiger partial charge in [0, 0.05) is 32.5 Å². The summed E-state index contributed by atoms with van der Waals surface area (Å²) in [6.45, 7) is 3.25. The number of anilines is 1. The average molecular weight is 403 g/mol. The highest BCUT2D eigenvalue weighted by molar-refractivity contribution is 5.84. The van der Waals surface area contributed by atoms with Gasteiger partial charge in [-0.1, -0.05) is 0 Å². The van der Waals surface area contributed by atoms with Crippen LogP contribution < -0.4 is 16.6 Å². The summed E-state index contributed by atoms with van der Waals surface area (Å²) in [6, 6.07) is 3.74. The molecule has 0 saturated heterocycles. The second-order valence-corrected chi connectivity index (χ2v) is 6.84. The number of H-pyrrole nitrogens is 1. The maximum absolute atomic E-state index is 12.3. The molecule has 156 valence electrons. The molecule has 1 aromatic carbocycles. The first-order chi connectivity index (χ1) is 13.9. The molecule has 4 N–H and O–H groups in total. The third-order valence-electron chi connectivity index (χ3n) is 4.72. The third-order valence-corrected chi connectivity index (χ3v) is 4.72. The number of ether oxygens (including phenoxy) is 1. The predicted molar refractivity (Wildman–Crippen MR) is 108 cm³/mol. The molecule has 2 aliphatic rings. The number of aliphatic hydroxyl groups excluding tert-OH is 2. The maximum atomic E-state index is 12.3. The van der Waals surface area contributed by atoms with Gasteiger partial charge < -0.3 is 24.8 Å². The van der Waals surface area contributed by atoms with E-state index in [1.54, 1.807) is 11.7 Å². The number of nitrogens with zero attached hydrogens (tertiary/aromatic N) is 3. The highest BCUT2D eigenvalue weighted by Gasteiger charge is 2.20. The van der Waals surface area contributed by atoms with Crippen molar-refractivity contribution in [2.75, 3.05) is 32.2 Å². The van der Waals surface area contributed by atoms with Gasteiger partial charge in [0.2, 0.25) is 0 Å². The van der Waals surface area contributed by atoms with E-state index in [1.165, 1.54) is 0 Å². The van der Waals surface area contributed by atoms with Crippen molar-refractivity contribution < 1.29 is 14.9 Å². The van der Waals surface area contributed by atoms with Crippen molar-refractivity contribution in [1.29, 1.82) is 0 Å².